The summed E-state index contributed by atoms with van der Waals surface area (Å²) in [5.74, 6) is -0.247. The minimum absolute atomic E-state index is 0.247. The maximum atomic E-state index is 11.7. The maximum absolute atomic E-state index is 11.7. The maximum Gasteiger partial charge on any atom is 0.238 e. The van der Waals surface area contributed by atoms with Gasteiger partial charge in [0.2, 0.25) is 5.91 Å². The number of likely N-dealkylation sites (N-methyl/N-ethyl adjacent to an activating group) is 1. The highest BCUT2D eigenvalue weighted by molar-refractivity contribution is 5.84. The molecule has 0 aromatic heterocycles. The predicted octanol–water partition coefficient (Wildman–Crippen LogP) is 1.49. The van der Waals surface area contributed by atoms with Gasteiger partial charge in [-0.2, -0.15) is 0 Å². The van der Waals surface area contributed by atoms with Crippen LogP contribution in [-0.4, -0.2) is 42.0 Å². The average molecular weight is 255 g/mol. The number of nitrogens with zero attached hydrogens (tertiary/aromatic N) is 1. The Morgan fingerprint density at radius 3 is 2.67 bits per heavy atom. The summed E-state index contributed by atoms with van der Waals surface area (Å²) in [4.78, 5) is 14.2. The Bertz CT molecular complexity index is 270. The van der Waals surface area contributed by atoms with E-state index in [-0.39, 0.29) is 5.91 Å². The highest BCUT2D eigenvalue weighted by Gasteiger charge is 2.34. The summed E-state index contributed by atoms with van der Waals surface area (Å²) in [5, 5.41) is 3.25. The fourth-order valence-corrected chi connectivity index (χ4v) is 2.92. The molecule has 106 valence electrons. The van der Waals surface area contributed by atoms with E-state index in [0.29, 0.717) is 6.04 Å². The van der Waals surface area contributed by atoms with Crippen LogP contribution in [-0.2, 0) is 4.79 Å². The highest BCUT2D eigenvalue weighted by atomic mass is 16.1. The minimum Gasteiger partial charge on any atom is -0.368 e. The second-order valence-corrected chi connectivity index (χ2v) is 5.61. The van der Waals surface area contributed by atoms with Crippen LogP contribution in [0.15, 0.2) is 0 Å². The molecule has 1 rings (SSSR count). The molecule has 0 aromatic carbocycles. The van der Waals surface area contributed by atoms with Crippen molar-refractivity contribution in [2.24, 2.45) is 5.73 Å². The van der Waals surface area contributed by atoms with E-state index in [4.69, 9.17) is 5.73 Å². The largest absolute Gasteiger partial charge is 0.368 e. The molecular formula is C14H29N3O. The average Bonchev–Trinajstić information content (AvgIpc) is 2.54. The Hall–Kier alpha value is -0.610. The van der Waals surface area contributed by atoms with Crippen LogP contribution in [0.1, 0.15) is 52.9 Å². The van der Waals surface area contributed by atoms with Crippen molar-refractivity contribution in [3.8, 4) is 0 Å². The molecule has 1 fully saturated rings. The summed E-state index contributed by atoms with van der Waals surface area (Å²) in [6.45, 7) is 8.76. The van der Waals surface area contributed by atoms with E-state index in [1.807, 2.05) is 13.8 Å². The van der Waals surface area contributed by atoms with E-state index in [1.54, 1.807) is 0 Å². The molecule has 2 atom stereocenters. The van der Waals surface area contributed by atoms with Gasteiger partial charge in [-0.05, 0) is 39.3 Å². The number of hydrogen-bond donors (Lipinski definition) is 2. The lowest BCUT2D eigenvalue weighted by Crippen LogP contribution is -2.60. The Labute approximate surface area is 111 Å². The molecule has 0 radical (unpaired) electrons. The standard InChI is InChI=1S/C14H29N3O/c1-4-12-9-7-6-8-10-17(12)11-14(3,13(15)18)16-5-2/h12,16H,4-11H2,1-3H3,(H2,15,18). The molecule has 1 aliphatic rings. The van der Waals surface area contributed by atoms with Crippen molar-refractivity contribution in [3.05, 3.63) is 0 Å². The van der Waals surface area contributed by atoms with Crippen molar-refractivity contribution >= 4 is 5.91 Å². The van der Waals surface area contributed by atoms with Crippen molar-refractivity contribution < 1.29 is 4.79 Å². The van der Waals surface area contributed by atoms with Crippen LogP contribution in [0.25, 0.3) is 0 Å². The molecule has 4 nitrogen and oxygen atoms in total. The molecule has 4 heteroatoms. The van der Waals surface area contributed by atoms with Gasteiger partial charge < -0.3 is 11.1 Å². The molecule has 0 saturated carbocycles. The van der Waals surface area contributed by atoms with Crippen molar-refractivity contribution in [2.75, 3.05) is 19.6 Å². The first-order valence-electron chi connectivity index (χ1n) is 7.32. The van der Waals surface area contributed by atoms with Gasteiger partial charge in [0.25, 0.3) is 0 Å². The van der Waals surface area contributed by atoms with Gasteiger partial charge >= 0.3 is 0 Å². The van der Waals surface area contributed by atoms with Gasteiger partial charge in [0, 0.05) is 12.6 Å². The predicted molar refractivity (Wildman–Crippen MR) is 75.4 cm³/mol. The molecule has 1 heterocycles. The lowest BCUT2D eigenvalue weighted by molar-refractivity contribution is -0.124. The first kappa shape index (κ1) is 15.4. The van der Waals surface area contributed by atoms with Crippen LogP contribution in [0, 0.1) is 0 Å². The molecule has 0 aliphatic carbocycles. The second kappa shape index (κ2) is 7.10. The molecule has 18 heavy (non-hydrogen) atoms. The summed E-state index contributed by atoms with van der Waals surface area (Å²) in [5.41, 5.74) is 4.97. The number of hydrogen-bond acceptors (Lipinski definition) is 3. The highest BCUT2D eigenvalue weighted by Crippen LogP contribution is 2.21. The molecule has 0 bridgehead atoms. The number of nitrogens with one attached hydrogen (secondary N) is 1. The van der Waals surface area contributed by atoms with Crippen molar-refractivity contribution in [1.82, 2.24) is 10.2 Å². The lowest BCUT2D eigenvalue weighted by Gasteiger charge is -2.37. The normalized spacial score (nSPS) is 25.4. The number of nitrogens with two attached hydrogens (primary N) is 1. The number of likely N-dealkylation sites (tertiary alicyclic amines) is 1. The third-order valence-corrected chi connectivity index (χ3v) is 4.10. The molecule has 3 N–H and O–H groups in total. The van der Waals surface area contributed by atoms with Gasteiger partial charge in [0.15, 0.2) is 0 Å². The SMILES string of the molecule is CCNC(C)(CN1CCCCCC1CC)C(N)=O. The fraction of sp³-hybridized carbons (Fsp3) is 0.929. The Morgan fingerprint density at radius 2 is 2.11 bits per heavy atom. The Kier molecular flexibility index (Phi) is 6.09. The molecular weight excluding hydrogens is 226 g/mol. The molecule has 1 amide bonds. The van der Waals surface area contributed by atoms with Gasteiger partial charge in [-0.1, -0.05) is 26.7 Å². The van der Waals surface area contributed by atoms with E-state index in [0.717, 1.165) is 26.1 Å². The first-order valence-corrected chi connectivity index (χ1v) is 7.32. The topological polar surface area (TPSA) is 58.4 Å². The molecule has 1 aliphatic heterocycles. The summed E-state index contributed by atoms with van der Waals surface area (Å²) >= 11 is 0. The summed E-state index contributed by atoms with van der Waals surface area (Å²) < 4.78 is 0. The number of carbonyl (C=O) groups is 1. The summed E-state index contributed by atoms with van der Waals surface area (Å²) in [6, 6.07) is 0.602. The monoisotopic (exact) mass is 255 g/mol. The third kappa shape index (κ3) is 3.95. The van der Waals surface area contributed by atoms with Crippen LogP contribution in [0.5, 0.6) is 0 Å². The van der Waals surface area contributed by atoms with Crippen LogP contribution >= 0.6 is 0 Å². The lowest BCUT2D eigenvalue weighted by atomic mass is 9.98. The first-order chi connectivity index (χ1) is 8.53. The smallest absolute Gasteiger partial charge is 0.238 e. The zero-order valence-corrected chi connectivity index (χ0v) is 12.2. The number of amides is 1. The van der Waals surface area contributed by atoms with Crippen LogP contribution < -0.4 is 11.1 Å². The zero-order chi connectivity index (χ0) is 13.6. The van der Waals surface area contributed by atoms with Crippen LogP contribution in [0.3, 0.4) is 0 Å². The molecule has 1 saturated heterocycles. The van der Waals surface area contributed by atoms with Crippen molar-refractivity contribution in [1.29, 1.82) is 0 Å². The quantitative estimate of drug-likeness (QED) is 0.756. The van der Waals surface area contributed by atoms with Crippen molar-refractivity contribution in [2.45, 2.75) is 64.5 Å². The Balaban J connectivity index is 2.73. The Morgan fingerprint density at radius 1 is 1.39 bits per heavy atom. The summed E-state index contributed by atoms with van der Waals surface area (Å²) in [7, 11) is 0. The number of primary amides is 1. The van der Waals surface area contributed by atoms with E-state index in [2.05, 4.69) is 17.1 Å². The van der Waals surface area contributed by atoms with Gasteiger partial charge in [-0.15, -0.1) is 0 Å². The molecule has 0 spiro atoms. The van der Waals surface area contributed by atoms with E-state index in [9.17, 15) is 4.79 Å². The zero-order valence-electron chi connectivity index (χ0n) is 12.2. The van der Waals surface area contributed by atoms with Gasteiger partial charge in [0.1, 0.15) is 5.54 Å². The van der Waals surface area contributed by atoms with E-state index in [1.165, 1.54) is 25.7 Å². The fourth-order valence-electron chi connectivity index (χ4n) is 2.92. The molecule has 2 unspecified atom stereocenters. The second-order valence-electron chi connectivity index (χ2n) is 5.61. The summed E-state index contributed by atoms with van der Waals surface area (Å²) in [6.07, 6.45) is 6.25. The number of carbonyl (C=O) groups excluding carboxylic acids is 1. The van der Waals surface area contributed by atoms with Crippen LogP contribution in [0.2, 0.25) is 0 Å². The van der Waals surface area contributed by atoms with Crippen LogP contribution in [0.4, 0.5) is 0 Å². The minimum atomic E-state index is -0.605. The number of rotatable bonds is 6. The third-order valence-electron chi connectivity index (χ3n) is 4.10. The van der Waals surface area contributed by atoms with E-state index >= 15 is 0 Å². The van der Waals surface area contributed by atoms with E-state index < -0.39 is 5.54 Å². The van der Waals surface area contributed by atoms with Crippen molar-refractivity contribution in [3.63, 3.8) is 0 Å². The molecule has 0 aromatic rings. The van der Waals surface area contributed by atoms with Gasteiger partial charge in [-0.3, -0.25) is 9.69 Å². The van der Waals surface area contributed by atoms with Gasteiger partial charge in [0.05, 0.1) is 0 Å². The van der Waals surface area contributed by atoms with Gasteiger partial charge in [-0.25, -0.2) is 0 Å².